The second kappa shape index (κ2) is 6.09. The first kappa shape index (κ1) is 16.5. The number of rotatable bonds is 5. The van der Waals surface area contributed by atoms with Crippen molar-refractivity contribution in [1.29, 1.82) is 0 Å². The Morgan fingerprint density at radius 2 is 1.72 bits per heavy atom. The van der Waals surface area contributed by atoms with E-state index in [0.717, 1.165) is 5.56 Å². The summed E-state index contributed by atoms with van der Waals surface area (Å²) < 4.78 is 37.7. The lowest BCUT2D eigenvalue weighted by atomic mass is 9.91. The minimum absolute atomic E-state index is 0.310. The molecule has 0 aromatic heterocycles. The largest absolute Gasteiger partial charge is 0.367 e. The summed E-state index contributed by atoms with van der Waals surface area (Å²) in [6.45, 7) is 2.47. The van der Waals surface area contributed by atoms with Crippen LogP contribution in [-0.4, -0.2) is 26.2 Å². The molecule has 0 spiro atoms. The molecule has 1 fully saturated rings. The van der Waals surface area contributed by atoms with Gasteiger partial charge in [-0.3, -0.25) is 0 Å². The van der Waals surface area contributed by atoms with Crippen LogP contribution in [0.15, 0.2) is 76.5 Å². The molecule has 0 radical (unpaired) electrons. The first-order valence-corrected chi connectivity index (χ1v) is 9.83. The number of ether oxygens (including phenoxy) is 2. The zero-order chi connectivity index (χ0) is 17.5. The van der Waals surface area contributed by atoms with Gasteiger partial charge in [-0.15, -0.1) is 0 Å². The van der Waals surface area contributed by atoms with Crippen molar-refractivity contribution in [2.75, 3.05) is 0 Å². The van der Waals surface area contributed by atoms with E-state index in [-0.39, 0.29) is 6.10 Å². The Labute approximate surface area is 148 Å². The second-order valence-corrected chi connectivity index (χ2v) is 8.67. The van der Waals surface area contributed by atoms with Gasteiger partial charge in [-0.05, 0) is 30.7 Å². The lowest BCUT2D eigenvalue weighted by Crippen LogP contribution is -2.38. The topological polar surface area (TPSA) is 52.6 Å². The third-order valence-corrected chi connectivity index (χ3v) is 6.82. The van der Waals surface area contributed by atoms with Gasteiger partial charge in [0.2, 0.25) is 9.84 Å². The van der Waals surface area contributed by atoms with Gasteiger partial charge in [0, 0.05) is 6.42 Å². The summed E-state index contributed by atoms with van der Waals surface area (Å²) in [7, 11) is -3.51. The summed E-state index contributed by atoms with van der Waals surface area (Å²) in [5, 5.41) is 0. The Bertz CT molecular complexity index is 890. The Balaban J connectivity index is 1.53. The molecular weight excluding hydrogens is 336 g/mol. The summed E-state index contributed by atoms with van der Waals surface area (Å²) in [6, 6.07) is 18.4. The van der Waals surface area contributed by atoms with E-state index in [1.807, 2.05) is 37.3 Å². The molecule has 0 aliphatic carbocycles. The van der Waals surface area contributed by atoms with Crippen molar-refractivity contribution in [1.82, 2.24) is 0 Å². The van der Waals surface area contributed by atoms with Crippen molar-refractivity contribution in [2.24, 2.45) is 0 Å². The fraction of sp³-hybridized carbons (Fsp3) is 0.300. The fourth-order valence-electron chi connectivity index (χ4n) is 3.45. The number of sulfone groups is 1. The summed E-state index contributed by atoms with van der Waals surface area (Å²) in [5.41, 5.74) is 0.587. The molecule has 25 heavy (non-hydrogen) atoms. The average Bonchev–Trinajstić information content (AvgIpc) is 3.20. The van der Waals surface area contributed by atoms with Gasteiger partial charge in [-0.1, -0.05) is 48.5 Å². The molecule has 2 aliphatic heterocycles. The maximum Gasteiger partial charge on any atom is 0.205 e. The molecule has 0 N–H and O–H groups in total. The molecule has 2 bridgehead atoms. The van der Waals surface area contributed by atoms with E-state index in [2.05, 4.69) is 0 Å². The molecule has 0 saturated carbocycles. The van der Waals surface area contributed by atoms with Crippen LogP contribution in [0.1, 0.15) is 18.9 Å². The van der Waals surface area contributed by atoms with Gasteiger partial charge < -0.3 is 9.47 Å². The van der Waals surface area contributed by atoms with Crippen molar-refractivity contribution in [2.45, 2.75) is 42.7 Å². The smallest absolute Gasteiger partial charge is 0.205 e. The molecule has 3 atom stereocenters. The number of benzene rings is 2. The first-order valence-electron chi connectivity index (χ1n) is 8.34. The second-order valence-electron chi connectivity index (χ2n) is 6.72. The van der Waals surface area contributed by atoms with Crippen LogP contribution in [0.3, 0.4) is 0 Å². The molecule has 1 saturated heterocycles. The highest BCUT2D eigenvalue weighted by molar-refractivity contribution is 7.95. The molecule has 2 aromatic carbocycles. The lowest BCUT2D eigenvalue weighted by molar-refractivity contribution is -0.0706. The van der Waals surface area contributed by atoms with Crippen LogP contribution in [0.25, 0.3) is 0 Å². The zero-order valence-electron chi connectivity index (χ0n) is 14.0. The predicted octanol–water partition coefficient (Wildman–Crippen LogP) is 3.49. The third-order valence-electron chi connectivity index (χ3n) is 4.91. The van der Waals surface area contributed by atoms with E-state index in [0.29, 0.717) is 22.8 Å². The van der Waals surface area contributed by atoms with E-state index in [1.54, 1.807) is 36.4 Å². The van der Waals surface area contributed by atoms with Crippen LogP contribution in [0, 0.1) is 0 Å². The highest BCUT2D eigenvalue weighted by Gasteiger charge is 2.53. The van der Waals surface area contributed by atoms with Gasteiger partial charge in [0.25, 0.3) is 0 Å². The predicted molar refractivity (Wildman–Crippen MR) is 94.6 cm³/mol. The van der Waals surface area contributed by atoms with E-state index in [9.17, 15) is 8.42 Å². The van der Waals surface area contributed by atoms with Gasteiger partial charge in [0.05, 0.1) is 28.1 Å². The monoisotopic (exact) mass is 356 g/mol. The summed E-state index contributed by atoms with van der Waals surface area (Å²) in [5.74, 6) is 0. The van der Waals surface area contributed by atoms with Crippen molar-refractivity contribution in [3.05, 3.63) is 77.2 Å². The van der Waals surface area contributed by atoms with Crippen LogP contribution in [0.4, 0.5) is 0 Å². The molecule has 5 heteroatoms. The molecule has 0 unspecified atom stereocenters. The minimum atomic E-state index is -3.51. The van der Waals surface area contributed by atoms with Crippen LogP contribution in [-0.2, 0) is 25.9 Å². The van der Waals surface area contributed by atoms with Crippen molar-refractivity contribution in [3.63, 3.8) is 0 Å². The SMILES string of the molecule is C[C@@]1(OCc2ccccc2)C[C@H]2O[C@@H]1C=C2S(=O)(=O)c1ccccc1. The summed E-state index contributed by atoms with van der Waals surface area (Å²) in [4.78, 5) is 0.675. The van der Waals surface area contributed by atoms with Gasteiger partial charge >= 0.3 is 0 Å². The Morgan fingerprint density at radius 3 is 2.32 bits per heavy atom. The van der Waals surface area contributed by atoms with Crippen LogP contribution in [0.2, 0.25) is 0 Å². The van der Waals surface area contributed by atoms with Gasteiger partial charge in [0.15, 0.2) is 0 Å². The molecular formula is C20H20O4S. The number of fused-ring (bicyclic) bond motifs is 2. The van der Waals surface area contributed by atoms with Crippen LogP contribution < -0.4 is 0 Å². The summed E-state index contributed by atoms with van der Waals surface area (Å²) in [6.07, 6.45) is 1.50. The highest BCUT2D eigenvalue weighted by atomic mass is 32.2. The third kappa shape index (κ3) is 2.92. The Kier molecular flexibility index (Phi) is 4.02. The minimum Gasteiger partial charge on any atom is -0.367 e. The number of hydrogen-bond acceptors (Lipinski definition) is 4. The van der Waals surface area contributed by atoms with Crippen molar-refractivity contribution in [3.8, 4) is 0 Å². The molecule has 2 aliphatic rings. The van der Waals surface area contributed by atoms with Gasteiger partial charge in [0.1, 0.15) is 6.10 Å². The molecule has 4 nitrogen and oxygen atoms in total. The maximum absolute atomic E-state index is 12.8. The van der Waals surface area contributed by atoms with Crippen molar-refractivity contribution < 1.29 is 17.9 Å². The van der Waals surface area contributed by atoms with Crippen molar-refractivity contribution >= 4 is 9.84 Å². The Morgan fingerprint density at radius 1 is 1.08 bits per heavy atom. The van der Waals surface area contributed by atoms with E-state index < -0.39 is 21.5 Å². The van der Waals surface area contributed by atoms with E-state index in [1.165, 1.54) is 0 Å². The van der Waals surface area contributed by atoms with Gasteiger partial charge in [-0.25, -0.2) is 8.42 Å². The van der Waals surface area contributed by atoms with E-state index >= 15 is 0 Å². The first-order chi connectivity index (χ1) is 12.0. The quantitative estimate of drug-likeness (QED) is 0.823. The standard InChI is InChI=1S/C20H20O4S/c1-20(23-14-15-8-4-2-5-9-15)13-17-18(12-19(20)24-17)25(21,22)16-10-6-3-7-11-16/h2-12,17,19H,13-14H2,1H3/t17-,19-,20-/m1/s1. The maximum atomic E-state index is 12.8. The molecule has 2 aromatic rings. The average molecular weight is 356 g/mol. The lowest BCUT2D eigenvalue weighted by Gasteiger charge is -2.30. The molecule has 2 heterocycles. The normalized spacial score (nSPS) is 28.1. The molecule has 4 rings (SSSR count). The zero-order valence-corrected chi connectivity index (χ0v) is 14.8. The highest BCUT2D eigenvalue weighted by Crippen LogP contribution is 2.46. The molecule has 0 amide bonds. The molecule has 130 valence electrons. The van der Waals surface area contributed by atoms with E-state index in [4.69, 9.17) is 9.47 Å². The number of hydrogen-bond donors (Lipinski definition) is 0. The van der Waals surface area contributed by atoms with Gasteiger partial charge in [-0.2, -0.15) is 0 Å². The van der Waals surface area contributed by atoms with Crippen LogP contribution in [0.5, 0.6) is 0 Å². The van der Waals surface area contributed by atoms with Crippen LogP contribution >= 0.6 is 0 Å². The fourth-order valence-corrected chi connectivity index (χ4v) is 5.03. The Hall–Kier alpha value is -1.95. The summed E-state index contributed by atoms with van der Waals surface area (Å²) >= 11 is 0.